The van der Waals surface area contributed by atoms with Crippen LogP contribution in [0.4, 0.5) is 5.69 Å². The number of aryl methyl sites for hydroxylation is 1. The lowest BCUT2D eigenvalue weighted by atomic mass is 9.86. The topological polar surface area (TPSA) is 55.4 Å². The van der Waals surface area contributed by atoms with Gasteiger partial charge in [-0.25, -0.2) is 4.79 Å². The first-order valence-electron chi connectivity index (χ1n) is 8.05. The Bertz CT molecular complexity index is 596. The third kappa shape index (κ3) is 3.01. The summed E-state index contributed by atoms with van der Waals surface area (Å²) in [6.45, 7) is 1.92. The largest absolute Gasteiger partial charge is 0.465 e. The molecule has 2 aliphatic carbocycles. The second-order valence-corrected chi connectivity index (χ2v) is 6.71. The summed E-state index contributed by atoms with van der Waals surface area (Å²) in [7, 11) is 1.36. The van der Waals surface area contributed by atoms with Gasteiger partial charge >= 0.3 is 5.97 Å². The summed E-state index contributed by atoms with van der Waals surface area (Å²) < 4.78 is 4.73. The number of fused-ring (bicyclic) bond motifs is 2. The molecule has 22 heavy (non-hydrogen) atoms. The number of rotatable bonds is 4. The molecule has 1 aromatic rings. The van der Waals surface area contributed by atoms with Gasteiger partial charge in [-0.2, -0.15) is 0 Å². The number of esters is 1. The van der Waals surface area contributed by atoms with Crippen LogP contribution in [0.15, 0.2) is 18.2 Å². The minimum Gasteiger partial charge on any atom is -0.465 e. The second-order valence-electron chi connectivity index (χ2n) is 6.71. The summed E-state index contributed by atoms with van der Waals surface area (Å²) in [5.74, 6) is 1.82. The van der Waals surface area contributed by atoms with Gasteiger partial charge < -0.3 is 10.1 Å². The highest BCUT2D eigenvalue weighted by Gasteiger charge is 2.40. The highest BCUT2D eigenvalue weighted by Crippen LogP contribution is 2.49. The number of benzene rings is 1. The maximum atomic E-state index is 12.3. The van der Waals surface area contributed by atoms with Crippen LogP contribution < -0.4 is 5.32 Å². The van der Waals surface area contributed by atoms with E-state index in [2.05, 4.69) is 5.32 Å². The summed E-state index contributed by atoms with van der Waals surface area (Å²) in [6, 6.07) is 5.24. The Morgan fingerprint density at radius 2 is 2.09 bits per heavy atom. The summed E-state index contributed by atoms with van der Waals surface area (Å²) in [5.41, 5.74) is 2.12. The zero-order valence-electron chi connectivity index (χ0n) is 13.2. The second kappa shape index (κ2) is 6.11. The van der Waals surface area contributed by atoms with Crippen molar-refractivity contribution in [3.8, 4) is 0 Å². The molecular formula is C18H23NO3. The summed E-state index contributed by atoms with van der Waals surface area (Å²) in [5, 5.41) is 2.97. The van der Waals surface area contributed by atoms with E-state index in [0.29, 0.717) is 23.6 Å². The fourth-order valence-corrected chi connectivity index (χ4v) is 4.07. The standard InChI is InChI=1S/C18H23NO3/c1-11-3-5-14(18(21)22-2)9-16(11)19-17(20)10-15-8-12-4-6-13(15)7-12/h3,5,9,12-13,15H,4,6-8,10H2,1-2H3,(H,19,20)/t12-,13-,15-/m0/s1. The molecular weight excluding hydrogens is 278 g/mol. The maximum absolute atomic E-state index is 12.3. The van der Waals surface area contributed by atoms with Gasteiger partial charge in [0.1, 0.15) is 0 Å². The van der Waals surface area contributed by atoms with Crippen molar-refractivity contribution in [1.29, 1.82) is 0 Å². The molecule has 0 unspecified atom stereocenters. The smallest absolute Gasteiger partial charge is 0.337 e. The third-order valence-electron chi connectivity index (χ3n) is 5.26. The van der Waals surface area contributed by atoms with Crippen molar-refractivity contribution in [2.75, 3.05) is 12.4 Å². The number of carbonyl (C=O) groups excluding carboxylic acids is 2. The molecule has 2 bridgehead atoms. The molecule has 0 aliphatic heterocycles. The molecule has 1 N–H and O–H groups in total. The van der Waals surface area contributed by atoms with Crippen molar-refractivity contribution in [1.82, 2.24) is 0 Å². The number of hydrogen-bond donors (Lipinski definition) is 1. The van der Waals surface area contributed by atoms with E-state index in [0.717, 1.165) is 17.4 Å². The molecule has 4 heteroatoms. The quantitative estimate of drug-likeness (QED) is 0.865. The van der Waals surface area contributed by atoms with Crippen molar-refractivity contribution < 1.29 is 14.3 Å². The van der Waals surface area contributed by atoms with Crippen molar-refractivity contribution in [3.63, 3.8) is 0 Å². The zero-order valence-corrected chi connectivity index (χ0v) is 13.2. The van der Waals surface area contributed by atoms with E-state index in [4.69, 9.17) is 4.74 Å². The molecule has 1 amide bonds. The van der Waals surface area contributed by atoms with E-state index in [1.54, 1.807) is 12.1 Å². The van der Waals surface area contributed by atoms with E-state index in [-0.39, 0.29) is 11.9 Å². The predicted octanol–water partition coefficient (Wildman–Crippen LogP) is 3.55. The van der Waals surface area contributed by atoms with E-state index in [9.17, 15) is 9.59 Å². The first-order chi connectivity index (χ1) is 10.6. The lowest BCUT2D eigenvalue weighted by molar-refractivity contribution is -0.117. The Morgan fingerprint density at radius 3 is 2.73 bits per heavy atom. The summed E-state index contributed by atoms with van der Waals surface area (Å²) >= 11 is 0. The van der Waals surface area contributed by atoms with Crippen LogP contribution in [0, 0.1) is 24.7 Å². The molecule has 118 valence electrons. The molecule has 1 aromatic carbocycles. The molecule has 2 saturated carbocycles. The maximum Gasteiger partial charge on any atom is 0.337 e. The van der Waals surface area contributed by atoms with Crippen LogP contribution in [0.25, 0.3) is 0 Å². The van der Waals surface area contributed by atoms with Gasteiger partial charge in [-0.3, -0.25) is 4.79 Å². The average molecular weight is 301 g/mol. The zero-order chi connectivity index (χ0) is 15.7. The van der Waals surface area contributed by atoms with Crippen LogP contribution in [0.3, 0.4) is 0 Å². The number of anilines is 1. The Morgan fingerprint density at radius 1 is 1.27 bits per heavy atom. The van der Waals surface area contributed by atoms with Crippen molar-refractivity contribution in [3.05, 3.63) is 29.3 Å². The predicted molar refractivity (Wildman–Crippen MR) is 84.7 cm³/mol. The van der Waals surface area contributed by atoms with Gasteiger partial charge in [0.2, 0.25) is 5.91 Å². The lowest BCUT2D eigenvalue weighted by Crippen LogP contribution is -2.20. The Kier molecular flexibility index (Phi) is 4.19. The van der Waals surface area contributed by atoms with Crippen LogP contribution in [0.2, 0.25) is 0 Å². The van der Waals surface area contributed by atoms with Gasteiger partial charge in [0.15, 0.2) is 0 Å². The van der Waals surface area contributed by atoms with Gasteiger partial charge in [0.25, 0.3) is 0 Å². The third-order valence-corrected chi connectivity index (χ3v) is 5.26. The van der Waals surface area contributed by atoms with Crippen LogP contribution in [0.5, 0.6) is 0 Å². The van der Waals surface area contributed by atoms with Crippen LogP contribution >= 0.6 is 0 Å². The lowest BCUT2D eigenvalue weighted by Gasteiger charge is -2.21. The van der Waals surface area contributed by atoms with Crippen molar-refractivity contribution in [2.45, 2.75) is 39.0 Å². The number of methoxy groups -OCH3 is 1. The van der Waals surface area contributed by atoms with Crippen molar-refractivity contribution in [2.24, 2.45) is 17.8 Å². The van der Waals surface area contributed by atoms with Crippen LogP contribution in [0.1, 0.15) is 48.0 Å². The monoisotopic (exact) mass is 301 g/mol. The minimum absolute atomic E-state index is 0.0580. The van der Waals surface area contributed by atoms with Gasteiger partial charge in [-0.05, 0) is 61.6 Å². The van der Waals surface area contributed by atoms with Crippen molar-refractivity contribution >= 4 is 17.6 Å². The summed E-state index contributed by atoms with van der Waals surface area (Å²) in [4.78, 5) is 23.9. The molecule has 2 fully saturated rings. The van der Waals surface area contributed by atoms with Crippen LogP contribution in [-0.4, -0.2) is 19.0 Å². The number of hydrogen-bond acceptors (Lipinski definition) is 3. The SMILES string of the molecule is COC(=O)c1ccc(C)c(NC(=O)C[C@@H]2C[C@H]3CC[C@H]2C3)c1. The Hall–Kier alpha value is -1.84. The molecule has 2 aliphatic rings. The first-order valence-corrected chi connectivity index (χ1v) is 8.05. The molecule has 0 aromatic heterocycles. The van der Waals surface area contributed by atoms with E-state index >= 15 is 0 Å². The molecule has 0 radical (unpaired) electrons. The van der Waals surface area contributed by atoms with E-state index < -0.39 is 0 Å². The Balaban J connectivity index is 1.64. The van der Waals surface area contributed by atoms with Crippen LogP contribution in [-0.2, 0) is 9.53 Å². The van der Waals surface area contributed by atoms with Gasteiger partial charge in [0.05, 0.1) is 12.7 Å². The minimum atomic E-state index is -0.386. The average Bonchev–Trinajstić information content (AvgIpc) is 3.11. The van der Waals surface area contributed by atoms with Gasteiger partial charge in [-0.15, -0.1) is 0 Å². The molecule has 0 saturated heterocycles. The molecule has 3 atom stereocenters. The molecule has 0 spiro atoms. The van der Waals surface area contributed by atoms with Gasteiger partial charge in [0, 0.05) is 12.1 Å². The first kappa shape index (κ1) is 15.1. The number of nitrogens with one attached hydrogen (secondary N) is 1. The number of amides is 1. The summed E-state index contributed by atoms with van der Waals surface area (Å²) in [6.07, 6.45) is 5.76. The number of ether oxygens (including phenoxy) is 1. The van der Waals surface area contributed by atoms with Gasteiger partial charge in [-0.1, -0.05) is 12.5 Å². The normalized spacial score (nSPS) is 26.0. The van der Waals surface area contributed by atoms with E-state index in [1.165, 1.54) is 32.8 Å². The molecule has 0 heterocycles. The fraction of sp³-hybridized carbons (Fsp3) is 0.556. The van der Waals surface area contributed by atoms with E-state index in [1.807, 2.05) is 13.0 Å². The Labute approximate surface area is 131 Å². The molecule has 3 rings (SSSR count). The fourth-order valence-electron chi connectivity index (χ4n) is 4.07. The molecule has 4 nitrogen and oxygen atoms in total. The highest BCUT2D eigenvalue weighted by atomic mass is 16.5. The number of carbonyl (C=O) groups is 2. The highest BCUT2D eigenvalue weighted by molar-refractivity contribution is 5.95.